The van der Waals surface area contributed by atoms with Crippen LogP contribution in [-0.2, 0) is 6.42 Å². The third-order valence-corrected chi connectivity index (χ3v) is 16.9. The highest BCUT2D eigenvalue weighted by molar-refractivity contribution is 7.80. The molecule has 7 rings (SSSR count). The molecule has 0 saturated heterocycles. The monoisotopic (exact) mass is 852 g/mol. The molecule has 0 saturated carbocycles. The van der Waals surface area contributed by atoms with Gasteiger partial charge in [0.15, 0.2) is 0 Å². The summed E-state index contributed by atoms with van der Waals surface area (Å²) in [4.78, 5) is 0. The van der Waals surface area contributed by atoms with Gasteiger partial charge in [0, 0.05) is 5.56 Å². The molecule has 0 bridgehead atoms. The molecule has 7 aromatic carbocycles. The second kappa shape index (κ2) is 25.3. The molecule has 1 nitrogen and oxygen atoms in total. The maximum atomic E-state index is 7.13. The number of rotatable bonds is 25. The molecule has 0 heterocycles. The smallest absolute Gasteiger partial charge is 0.127 e. The van der Waals surface area contributed by atoms with Gasteiger partial charge in [-0.15, -0.1) is 0 Å². The summed E-state index contributed by atoms with van der Waals surface area (Å²) in [6, 6.07) is 69.7. The van der Waals surface area contributed by atoms with Gasteiger partial charge in [0.05, 0.1) is 6.61 Å². The Morgan fingerprint density at radius 2 is 0.710 bits per heavy atom. The first-order valence-corrected chi connectivity index (χ1v) is 26.2. The minimum Gasteiger partial charge on any atom is -0.493 e. The fourth-order valence-corrected chi connectivity index (χ4v) is 13.7. The van der Waals surface area contributed by atoms with Crippen LogP contribution < -0.4 is 36.6 Å². The molecule has 0 aliphatic carbocycles. The number of unbranched alkanes of at least 4 members (excludes halogenated alkanes) is 13. The first kappa shape index (κ1) is 45.2. The van der Waals surface area contributed by atoms with Gasteiger partial charge in [-0.05, 0) is 83.3 Å². The van der Waals surface area contributed by atoms with E-state index in [0.29, 0.717) is 6.61 Å². The van der Waals surface area contributed by atoms with Gasteiger partial charge in [-0.2, -0.15) is 0 Å². The number of benzene rings is 7. The molecule has 0 aliphatic heterocycles. The van der Waals surface area contributed by atoms with Crippen LogP contribution in [0.25, 0.3) is 11.1 Å². The minimum atomic E-state index is -0.930. The number of hydrogen-bond donors (Lipinski definition) is 0. The van der Waals surface area contributed by atoms with Crippen LogP contribution in [0.2, 0.25) is 0 Å². The van der Waals surface area contributed by atoms with Crippen molar-refractivity contribution in [3.8, 4) is 16.9 Å². The zero-order valence-electron chi connectivity index (χ0n) is 37.0. The summed E-state index contributed by atoms with van der Waals surface area (Å²) >= 11 is 0. The van der Waals surface area contributed by atoms with Crippen LogP contribution in [0.1, 0.15) is 108 Å². The summed E-state index contributed by atoms with van der Waals surface area (Å²) in [5.41, 5.74) is 5.21. The van der Waals surface area contributed by atoms with Gasteiger partial charge in [-0.3, -0.25) is 0 Å². The lowest BCUT2D eigenvalue weighted by atomic mass is 9.94. The Labute approximate surface area is 376 Å². The first-order chi connectivity index (χ1) is 30.8. The summed E-state index contributed by atoms with van der Waals surface area (Å²) < 4.78 is 7.13. The largest absolute Gasteiger partial charge is 0.493 e. The van der Waals surface area contributed by atoms with Crippen LogP contribution in [0.15, 0.2) is 188 Å². The summed E-state index contributed by atoms with van der Waals surface area (Å²) in [6.45, 7) is 3.01. The highest BCUT2D eigenvalue weighted by Crippen LogP contribution is 2.45. The number of ether oxygens (including phenoxy) is 1. The molecule has 7 aromatic rings. The molecule has 318 valence electrons. The van der Waals surface area contributed by atoms with Crippen molar-refractivity contribution in [1.82, 2.24) is 0 Å². The second-order valence-electron chi connectivity index (χ2n) is 16.6. The Hall–Kier alpha value is -4.80. The molecule has 0 aliphatic rings. The van der Waals surface area contributed by atoms with Crippen molar-refractivity contribution in [2.75, 3.05) is 6.61 Å². The Morgan fingerprint density at radius 1 is 0.339 bits per heavy atom. The molecule has 3 heteroatoms. The predicted octanol–water partition coefficient (Wildman–Crippen LogP) is 14.3. The summed E-state index contributed by atoms with van der Waals surface area (Å²) in [5.74, 6) is 0.995. The van der Waals surface area contributed by atoms with E-state index in [4.69, 9.17) is 4.74 Å². The molecule has 0 N–H and O–H groups in total. The molecule has 0 aromatic heterocycles. The lowest BCUT2D eigenvalue weighted by molar-refractivity contribution is 0.305. The topological polar surface area (TPSA) is 9.23 Å². The average Bonchev–Trinajstić information content (AvgIpc) is 3.32. The van der Waals surface area contributed by atoms with Gasteiger partial charge >= 0.3 is 0 Å². The second-order valence-corrected chi connectivity index (χ2v) is 21.0. The van der Waals surface area contributed by atoms with Crippen LogP contribution in [0.5, 0.6) is 5.75 Å². The molecule has 0 amide bonds. The average molecular weight is 853 g/mol. The van der Waals surface area contributed by atoms with Crippen LogP contribution in [-0.4, -0.2) is 6.61 Å². The SMILES string of the molecule is CCCCCCCCCCCCCCCCOc1cccc(P(c2ccccc2)c2ccccc2)c1-c1c(Cc2ccccc2)cccc1P(c1ccccc1)c1ccccc1. The van der Waals surface area contributed by atoms with Crippen molar-refractivity contribution in [3.63, 3.8) is 0 Å². The number of hydrogen-bond acceptors (Lipinski definition) is 1. The van der Waals surface area contributed by atoms with Crippen molar-refractivity contribution in [2.45, 2.75) is 103 Å². The van der Waals surface area contributed by atoms with Crippen LogP contribution >= 0.6 is 15.8 Å². The fraction of sp³-hybridized carbons (Fsp3) is 0.288. The van der Waals surface area contributed by atoms with E-state index in [1.165, 1.54) is 138 Å². The van der Waals surface area contributed by atoms with Crippen molar-refractivity contribution in [3.05, 3.63) is 199 Å². The lowest BCUT2D eigenvalue weighted by Gasteiger charge is -2.29. The van der Waals surface area contributed by atoms with Gasteiger partial charge in [-0.1, -0.05) is 272 Å². The van der Waals surface area contributed by atoms with Gasteiger partial charge in [0.25, 0.3) is 0 Å². The zero-order chi connectivity index (χ0) is 42.4. The van der Waals surface area contributed by atoms with Crippen LogP contribution in [0.3, 0.4) is 0 Å². The highest BCUT2D eigenvalue weighted by atomic mass is 31.1. The maximum Gasteiger partial charge on any atom is 0.127 e. The van der Waals surface area contributed by atoms with Crippen LogP contribution in [0.4, 0.5) is 0 Å². The van der Waals surface area contributed by atoms with E-state index >= 15 is 0 Å². The summed E-state index contributed by atoms with van der Waals surface area (Å²) in [5, 5.41) is 8.10. The van der Waals surface area contributed by atoms with E-state index in [9.17, 15) is 0 Å². The summed E-state index contributed by atoms with van der Waals surface area (Å²) in [7, 11) is -1.85. The van der Waals surface area contributed by atoms with E-state index in [-0.39, 0.29) is 0 Å². The predicted molar refractivity (Wildman–Crippen MR) is 274 cm³/mol. The van der Waals surface area contributed by atoms with E-state index < -0.39 is 15.8 Å². The van der Waals surface area contributed by atoms with E-state index in [1.807, 2.05) is 0 Å². The normalized spacial score (nSPS) is 11.3. The van der Waals surface area contributed by atoms with E-state index in [1.54, 1.807) is 0 Å². The molecule has 0 spiro atoms. The standard InChI is InChI=1S/C59H66OP2/c1-2-3-4-5-6-7-8-9-10-11-12-13-14-30-47-60-55-44-32-46-57(62(53-40-26-18-27-41-53)54-42-28-19-29-43-54)59(55)58-50(48-49-33-20-15-21-34-49)35-31-45-56(58)61(51-36-22-16-23-37-51)52-38-24-17-25-39-52/h15-29,31-46H,2-14,30,47-48H2,1H3. The van der Waals surface area contributed by atoms with E-state index in [2.05, 4.69) is 195 Å². The quantitative estimate of drug-likeness (QED) is 0.0411. The molecule has 0 atom stereocenters. The zero-order valence-corrected chi connectivity index (χ0v) is 38.8. The Balaban J connectivity index is 1.25. The molecule has 0 radical (unpaired) electrons. The van der Waals surface area contributed by atoms with Gasteiger partial charge < -0.3 is 4.74 Å². The Morgan fingerprint density at radius 3 is 1.15 bits per heavy atom. The Bertz CT molecular complexity index is 2220. The maximum absolute atomic E-state index is 7.13. The third-order valence-electron chi connectivity index (χ3n) is 11.9. The van der Waals surface area contributed by atoms with Crippen molar-refractivity contribution in [1.29, 1.82) is 0 Å². The summed E-state index contributed by atoms with van der Waals surface area (Å²) in [6.07, 6.45) is 19.7. The molecular formula is C59H66OP2. The highest BCUT2D eigenvalue weighted by Gasteiger charge is 2.29. The fourth-order valence-electron chi connectivity index (χ4n) is 8.74. The van der Waals surface area contributed by atoms with Gasteiger partial charge in [0.1, 0.15) is 5.75 Å². The van der Waals surface area contributed by atoms with Crippen molar-refractivity contribution < 1.29 is 4.74 Å². The van der Waals surface area contributed by atoms with Gasteiger partial charge in [-0.25, -0.2) is 0 Å². The third kappa shape index (κ3) is 12.9. The Kier molecular flexibility index (Phi) is 18.5. The molecule has 0 fully saturated rings. The molecular weight excluding hydrogens is 787 g/mol. The minimum absolute atomic E-state index is 0.714. The van der Waals surface area contributed by atoms with Gasteiger partial charge in [0.2, 0.25) is 0 Å². The first-order valence-electron chi connectivity index (χ1n) is 23.5. The molecule has 62 heavy (non-hydrogen) atoms. The van der Waals surface area contributed by atoms with Crippen molar-refractivity contribution >= 4 is 47.7 Å². The van der Waals surface area contributed by atoms with Crippen molar-refractivity contribution in [2.24, 2.45) is 0 Å². The van der Waals surface area contributed by atoms with Crippen LogP contribution in [0, 0.1) is 0 Å². The van der Waals surface area contributed by atoms with E-state index in [0.717, 1.165) is 18.6 Å². The molecule has 0 unspecified atom stereocenters. The lowest BCUT2D eigenvalue weighted by Crippen LogP contribution is -2.27.